The first kappa shape index (κ1) is 13.5. The molecule has 0 saturated carbocycles. The fourth-order valence-electron chi connectivity index (χ4n) is 1.50. The normalized spacial score (nSPS) is 11.9. The van der Waals surface area contributed by atoms with Gasteiger partial charge in [0.1, 0.15) is 6.61 Å². The molecule has 17 heavy (non-hydrogen) atoms. The highest BCUT2D eigenvalue weighted by Crippen LogP contribution is 2.13. The van der Waals surface area contributed by atoms with Crippen molar-refractivity contribution in [3.63, 3.8) is 0 Å². The molecule has 0 aliphatic rings. The van der Waals surface area contributed by atoms with Gasteiger partial charge in [0, 0.05) is 32.4 Å². The number of carbonyl (C=O) groups excluding carboxylic acids is 1. The molecule has 4 heteroatoms. The summed E-state index contributed by atoms with van der Waals surface area (Å²) in [5.41, 5.74) is 1.14. The predicted molar refractivity (Wildman–Crippen MR) is 69.2 cm³/mol. The summed E-state index contributed by atoms with van der Waals surface area (Å²) in [5.74, 6) is -0.0826. The van der Waals surface area contributed by atoms with Crippen LogP contribution in [0.4, 0.5) is 5.69 Å². The Hall–Kier alpha value is -1.55. The zero-order chi connectivity index (χ0) is 12.7. The molecule has 0 aromatic heterocycles. The van der Waals surface area contributed by atoms with Crippen molar-refractivity contribution in [3.05, 3.63) is 30.3 Å². The lowest BCUT2D eigenvalue weighted by atomic mass is 10.2. The molecular formula is C13H20N2O2. The maximum absolute atomic E-state index is 11.3. The third kappa shape index (κ3) is 4.44. The van der Waals surface area contributed by atoms with Crippen LogP contribution in [-0.2, 0) is 9.53 Å². The van der Waals surface area contributed by atoms with Crippen LogP contribution in [-0.4, -0.2) is 39.3 Å². The van der Waals surface area contributed by atoms with E-state index in [1.807, 2.05) is 37.4 Å². The lowest BCUT2D eigenvalue weighted by molar-refractivity contribution is -0.124. The Labute approximate surface area is 103 Å². The van der Waals surface area contributed by atoms with E-state index >= 15 is 0 Å². The molecule has 1 amide bonds. The van der Waals surface area contributed by atoms with Crippen LogP contribution in [0.3, 0.4) is 0 Å². The molecule has 0 bridgehead atoms. The van der Waals surface area contributed by atoms with Gasteiger partial charge >= 0.3 is 0 Å². The van der Waals surface area contributed by atoms with Gasteiger partial charge in [-0.05, 0) is 19.1 Å². The second kappa shape index (κ2) is 6.91. The lowest BCUT2D eigenvalue weighted by Gasteiger charge is -2.27. The number of hydrogen-bond donors (Lipinski definition) is 1. The Kier molecular flexibility index (Phi) is 5.49. The zero-order valence-corrected chi connectivity index (χ0v) is 10.6. The second-order valence-corrected chi connectivity index (χ2v) is 4.03. The fraction of sp³-hybridized carbons (Fsp3) is 0.462. The minimum atomic E-state index is -0.0826. The minimum Gasteiger partial charge on any atom is -0.375 e. The molecule has 94 valence electrons. The van der Waals surface area contributed by atoms with Crippen LogP contribution in [0.25, 0.3) is 0 Å². The summed E-state index contributed by atoms with van der Waals surface area (Å²) >= 11 is 0. The predicted octanol–water partition coefficient (Wildman–Crippen LogP) is 1.27. The lowest BCUT2D eigenvalue weighted by Crippen LogP contribution is -2.41. The molecule has 0 aliphatic heterocycles. The highest BCUT2D eigenvalue weighted by molar-refractivity contribution is 5.77. The van der Waals surface area contributed by atoms with Crippen molar-refractivity contribution in [2.24, 2.45) is 0 Å². The van der Waals surface area contributed by atoms with Crippen molar-refractivity contribution in [1.29, 1.82) is 0 Å². The summed E-state index contributed by atoms with van der Waals surface area (Å²) in [6.07, 6.45) is 0. The van der Waals surface area contributed by atoms with Gasteiger partial charge in [0.25, 0.3) is 0 Å². The topological polar surface area (TPSA) is 41.6 Å². The van der Waals surface area contributed by atoms with Crippen molar-refractivity contribution < 1.29 is 9.53 Å². The first-order chi connectivity index (χ1) is 8.15. The molecule has 4 nitrogen and oxygen atoms in total. The van der Waals surface area contributed by atoms with E-state index in [1.54, 1.807) is 0 Å². The van der Waals surface area contributed by atoms with Gasteiger partial charge in [0.15, 0.2) is 0 Å². The molecule has 0 heterocycles. The number of hydrogen-bond acceptors (Lipinski definition) is 3. The van der Waals surface area contributed by atoms with E-state index in [9.17, 15) is 4.79 Å². The van der Waals surface area contributed by atoms with Crippen LogP contribution in [0.2, 0.25) is 0 Å². The summed E-state index contributed by atoms with van der Waals surface area (Å²) in [6, 6.07) is 10.3. The van der Waals surface area contributed by atoms with E-state index in [-0.39, 0.29) is 18.6 Å². The van der Waals surface area contributed by atoms with E-state index in [0.29, 0.717) is 6.54 Å². The minimum absolute atomic E-state index is 0.0826. The van der Waals surface area contributed by atoms with Crippen LogP contribution < -0.4 is 10.2 Å². The monoisotopic (exact) mass is 236 g/mol. The number of nitrogens with one attached hydrogen (secondary N) is 1. The standard InChI is InChI=1S/C13H20N2O2/c1-11(9-14-13(16)10-17-3)15(2)12-7-5-4-6-8-12/h4-8,11H,9-10H2,1-3H3,(H,14,16)/t11-/m0/s1. The quantitative estimate of drug-likeness (QED) is 0.809. The van der Waals surface area contributed by atoms with Gasteiger partial charge in [0.05, 0.1) is 0 Å². The molecule has 1 atom stereocenters. The average molecular weight is 236 g/mol. The van der Waals surface area contributed by atoms with Crippen molar-refractivity contribution in [2.75, 3.05) is 32.2 Å². The van der Waals surface area contributed by atoms with Crippen LogP contribution in [0.15, 0.2) is 30.3 Å². The average Bonchev–Trinajstić information content (AvgIpc) is 2.36. The molecule has 0 fully saturated rings. The summed E-state index contributed by atoms with van der Waals surface area (Å²) < 4.78 is 4.76. The number of carbonyl (C=O) groups is 1. The molecule has 0 saturated heterocycles. The van der Waals surface area contributed by atoms with Crippen molar-refractivity contribution in [3.8, 4) is 0 Å². The number of rotatable bonds is 6. The Balaban J connectivity index is 2.42. The Morgan fingerprint density at radius 2 is 2.06 bits per heavy atom. The molecule has 1 N–H and O–H groups in total. The number of likely N-dealkylation sites (N-methyl/N-ethyl adjacent to an activating group) is 1. The summed E-state index contributed by atoms with van der Waals surface area (Å²) in [7, 11) is 3.53. The number of benzene rings is 1. The first-order valence-electron chi connectivity index (χ1n) is 5.68. The molecular weight excluding hydrogens is 216 g/mol. The number of ether oxygens (including phenoxy) is 1. The van der Waals surface area contributed by atoms with Gasteiger partial charge < -0.3 is 15.0 Å². The summed E-state index contributed by atoms with van der Waals surface area (Å²) in [5, 5.41) is 2.83. The summed E-state index contributed by atoms with van der Waals surface area (Å²) in [4.78, 5) is 13.4. The van der Waals surface area contributed by atoms with Crippen molar-refractivity contribution in [1.82, 2.24) is 5.32 Å². The third-order valence-electron chi connectivity index (χ3n) is 2.69. The Bertz CT molecular complexity index is 341. The third-order valence-corrected chi connectivity index (χ3v) is 2.69. The van der Waals surface area contributed by atoms with E-state index < -0.39 is 0 Å². The highest BCUT2D eigenvalue weighted by Gasteiger charge is 2.10. The van der Waals surface area contributed by atoms with E-state index in [2.05, 4.69) is 17.1 Å². The van der Waals surface area contributed by atoms with Crippen molar-refractivity contribution in [2.45, 2.75) is 13.0 Å². The van der Waals surface area contributed by atoms with Gasteiger partial charge in [-0.25, -0.2) is 0 Å². The molecule has 1 aromatic rings. The van der Waals surface area contributed by atoms with Crippen LogP contribution in [0.1, 0.15) is 6.92 Å². The molecule has 0 unspecified atom stereocenters. The van der Waals surface area contributed by atoms with Crippen LogP contribution >= 0.6 is 0 Å². The van der Waals surface area contributed by atoms with Crippen molar-refractivity contribution >= 4 is 11.6 Å². The largest absolute Gasteiger partial charge is 0.375 e. The number of amides is 1. The van der Waals surface area contributed by atoms with E-state index in [1.165, 1.54) is 7.11 Å². The first-order valence-corrected chi connectivity index (χ1v) is 5.68. The number of methoxy groups -OCH3 is 1. The van der Waals surface area contributed by atoms with Crippen LogP contribution in [0.5, 0.6) is 0 Å². The van der Waals surface area contributed by atoms with Crippen LogP contribution in [0, 0.1) is 0 Å². The van der Waals surface area contributed by atoms with Gasteiger partial charge in [0.2, 0.25) is 5.91 Å². The van der Waals surface area contributed by atoms with Gasteiger partial charge in [-0.3, -0.25) is 4.79 Å². The molecule has 0 spiro atoms. The zero-order valence-electron chi connectivity index (χ0n) is 10.6. The summed E-state index contributed by atoms with van der Waals surface area (Å²) in [6.45, 7) is 2.79. The number of anilines is 1. The second-order valence-electron chi connectivity index (χ2n) is 4.03. The number of para-hydroxylation sites is 1. The molecule has 0 radical (unpaired) electrons. The maximum atomic E-state index is 11.3. The van der Waals surface area contributed by atoms with Gasteiger partial charge in [-0.1, -0.05) is 18.2 Å². The molecule has 1 rings (SSSR count). The van der Waals surface area contributed by atoms with Gasteiger partial charge in [-0.15, -0.1) is 0 Å². The maximum Gasteiger partial charge on any atom is 0.246 e. The highest BCUT2D eigenvalue weighted by atomic mass is 16.5. The van der Waals surface area contributed by atoms with E-state index in [4.69, 9.17) is 4.74 Å². The van der Waals surface area contributed by atoms with E-state index in [0.717, 1.165) is 5.69 Å². The smallest absolute Gasteiger partial charge is 0.246 e. The number of nitrogens with zero attached hydrogens (tertiary/aromatic N) is 1. The Morgan fingerprint density at radius 1 is 1.41 bits per heavy atom. The molecule has 0 aliphatic carbocycles. The molecule has 1 aromatic carbocycles. The SMILES string of the molecule is COCC(=O)NC[C@H](C)N(C)c1ccccc1. The fourth-order valence-corrected chi connectivity index (χ4v) is 1.50. The Morgan fingerprint density at radius 3 is 2.65 bits per heavy atom. The van der Waals surface area contributed by atoms with Gasteiger partial charge in [-0.2, -0.15) is 0 Å².